The molecule has 0 aromatic heterocycles. The summed E-state index contributed by atoms with van der Waals surface area (Å²) in [5, 5.41) is 17.3. The third kappa shape index (κ3) is 6.81. The number of nitrogens with zero attached hydrogens (tertiary/aromatic N) is 1. The van der Waals surface area contributed by atoms with E-state index in [0.29, 0.717) is 11.3 Å². The van der Waals surface area contributed by atoms with E-state index >= 15 is 0 Å². The highest BCUT2D eigenvalue weighted by Gasteiger charge is 2.24. The van der Waals surface area contributed by atoms with Gasteiger partial charge in [-0.05, 0) is 19.4 Å². The van der Waals surface area contributed by atoms with Crippen molar-refractivity contribution < 1.29 is 29.4 Å². The zero-order valence-electron chi connectivity index (χ0n) is 10.9. The second-order valence-corrected chi connectivity index (χ2v) is 4.14. The van der Waals surface area contributed by atoms with Crippen molar-refractivity contribution in [2.75, 3.05) is 13.1 Å². The van der Waals surface area contributed by atoms with Gasteiger partial charge < -0.3 is 21.7 Å². The molecule has 2 amide bonds. The number of hydrogen-bond acceptors (Lipinski definition) is 6. The van der Waals surface area contributed by atoms with Crippen molar-refractivity contribution in [3.8, 4) is 0 Å². The van der Waals surface area contributed by atoms with E-state index in [2.05, 4.69) is 0 Å². The molecule has 0 aromatic rings. The van der Waals surface area contributed by atoms with Gasteiger partial charge in [0.1, 0.15) is 12.6 Å². The first kappa shape index (κ1) is 18.0. The van der Waals surface area contributed by atoms with Gasteiger partial charge in [0.05, 0.1) is 0 Å². The maximum absolute atomic E-state index is 11.8. The fraction of sp³-hybridized carbons (Fsp3) is 0.636. The molecule has 0 aliphatic carbocycles. The van der Waals surface area contributed by atoms with Gasteiger partial charge in [-0.25, -0.2) is 0 Å². The Morgan fingerprint density at radius 3 is 2.05 bits per heavy atom. The molecule has 0 saturated heterocycles. The van der Waals surface area contributed by atoms with Gasteiger partial charge in [-0.1, -0.05) is 0 Å². The topological polar surface area (TPSA) is 164 Å². The molecule has 9 heteroatoms. The first-order valence-corrected chi connectivity index (χ1v) is 6.03. The minimum Gasteiger partial charge on any atom is -0.480 e. The average Bonchev–Trinajstić information content (AvgIpc) is 2.38. The second kappa shape index (κ2) is 8.99. The maximum atomic E-state index is 11.8. The molecule has 0 heterocycles. The summed E-state index contributed by atoms with van der Waals surface area (Å²) in [6.07, 6.45) is -0.194. The molecule has 0 bridgehead atoms. The molecule has 1 atom stereocenters. The van der Waals surface area contributed by atoms with Gasteiger partial charge in [0, 0.05) is 12.8 Å². The fourth-order valence-corrected chi connectivity index (χ4v) is 1.38. The van der Waals surface area contributed by atoms with Crippen molar-refractivity contribution in [1.82, 2.24) is 4.90 Å². The fourth-order valence-electron chi connectivity index (χ4n) is 1.38. The molecule has 0 unspecified atom stereocenters. The van der Waals surface area contributed by atoms with Crippen LogP contribution in [0.1, 0.15) is 25.7 Å². The summed E-state index contributed by atoms with van der Waals surface area (Å²) in [7, 11) is 0. The summed E-state index contributed by atoms with van der Waals surface area (Å²) in [5.41, 5.74) is 10.5. The molecular weight excluding hydrogens is 270 g/mol. The Hall–Kier alpha value is -2.00. The number of amides is 2. The Balaban J connectivity index is 4.60. The number of carboxylic acids is 2. The predicted octanol–water partition coefficient (Wildman–Crippen LogP) is -1.64. The van der Waals surface area contributed by atoms with Crippen LogP contribution in [0.3, 0.4) is 0 Å². The summed E-state index contributed by atoms with van der Waals surface area (Å²) in [5.74, 6) is -4.00. The zero-order chi connectivity index (χ0) is 15.7. The Morgan fingerprint density at radius 2 is 1.60 bits per heavy atom. The van der Waals surface area contributed by atoms with Gasteiger partial charge in [0.2, 0.25) is 11.8 Å². The van der Waals surface area contributed by atoms with Gasteiger partial charge in [-0.2, -0.15) is 0 Å². The lowest BCUT2D eigenvalue weighted by molar-refractivity contribution is -0.152. The van der Waals surface area contributed by atoms with Crippen LogP contribution in [-0.4, -0.2) is 58.0 Å². The second-order valence-electron chi connectivity index (χ2n) is 4.14. The molecule has 9 nitrogen and oxygen atoms in total. The van der Waals surface area contributed by atoms with Crippen LogP contribution >= 0.6 is 0 Å². The van der Waals surface area contributed by atoms with E-state index in [9.17, 15) is 19.2 Å². The highest BCUT2D eigenvalue weighted by molar-refractivity contribution is 5.98. The van der Waals surface area contributed by atoms with E-state index in [-0.39, 0.29) is 25.8 Å². The largest absolute Gasteiger partial charge is 0.480 e. The van der Waals surface area contributed by atoms with Crippen LogP contribution in [0.15, 0.2) is 0 Å². The number of rotatable bonds is 9. The van der Waals surface area contributed by atoms with E-state index in [1.807, 2.05) is 0 Å². The Kier molecular flexibility index (Phi) is 8.09. The molecule has 0 radical (unpaired) electrons. The summed E-state index contributed by atoms with van der Waals surface area (Å²) in [6.45, 7) is -0.519. The van der Waals surface area contributed by atoms with Gasteiger partial charge in [0.15, 0.2) is 0 Å². The summed E-state index contributed by atoms with van der Waals surface area (Å²) < 4.78 is 0. The molecule has 0 spiro atoms. The number of carbonyl (C=O) groups excluding carboxylic acids is 2. The van der Waals surface area contributed by atoms with Crippen molar-refractivity contribution in [2.24, 2.45) is 11.5 Å². The van der Waals surface area contributed by atoms with Gasteiger partial charge in [-0.3, -0.25) is 24.1 Å². The maximum Gasteiger partial charge on any atom is 0.323 e. The highest BCUT2D eigenvalue weighted by atomic mass is 16.4. The van der Waals surface area contributed by atoms with Crippen molar-refractivity contribution in [3.05, 3.63) is 0 Å². The van der Waals surface area contributed by atoms with Crippen molar-refractivity contribution in [3.63, 3.8) is 0 Å². The molecule has 6 N–H and O–H groups in total. The SMILES string of the molecule is NCCCC(=O)N(CC(=O)O)C(=O)CC[C@H](N)C(=O)O. The van der Waals surface area contributed by atoms with Gasteiger partial charge in [-0.15, -0.1) is 0 Å². The Morgan fingerprint density at radius 1 is 1.05 bits per heavy atom. The van der Waals surface area contributed by atoms with Gasteiger partial charge >= 0.3 is 11.9 Å². The summed E-state index contributed by atoms with van der Waals surface area (Å²) in [6, 6.07) is -1.23. The molecule has 0 fully saturated rings. The molecule has 0 saturated carbocycles. The summed E-state index contributed by atoms with van der Waals surface area (Å²) in [4.78, 5) is 45.2. The van der Waals surface area contributed by atoms with E-state index in [1.165, 1.54) is 0 Å². The van der Waals surface area contributed by atoms with E-state index < -0.39 is 36.3 Å². The minimum atomic E-state index is -1.33. The number of aliphatic carboxylic acids is 2. The van der Waals surface area contributed by atoms with Crippen molar-refractivity contribution >= 4 is 23.8 Å². The van der Waals surface area contributed by atoms with E-state index in [0.717, 1.165) is 0 Å². The lowest BCUT2D eigenvalue weighted by Gasteiger charge is -2.19. The molecule has 20 heavy (non-hydrogen) atoms. The molecule has 0 aromatic carbocycles. The zero-order valence-corrected chi connectivity index (χ0v) is 10.9. The number of imide groups is 1. The van der Waals surface area contributed by atoms with Crippen molar-refractivity contribution in [1.29, 1.82) is 0 Å². The third-order valence-corrected chi connectivity index (χ3v) is 2.48. The average molecular weight is 289 g/mol. The highest BCUT2D eigenvalue weighted by Crippen LogP contribution is 2.05. The molecule has 0 aliphatic heterocycles. The van der Waals surface area contributed by atoms with E-state index in [4.69, 9.17) is 21.7 Å². The molecule has 114 valence electrons. The number of carboxylic acid groups (broad SMARTS) is 2. The lowest BCUT2D eigenvalue weighted by atomic mass is 10.1. The predicted molar refractivity (Wildman–Crippen MR) is 67.5 cm³/mol. The quantitative estimate of drug-likeness (QED) is 0.392. The van der Waals surface area contributed by atoms with Crippen LogP contribution in [0.5, 0.6) is 0 Å². The first-order chi connectivity index (χ1) is 9.29. The Bertz CT molecular complexity index is 384. The van der Waals surface area contributed by atoms with Crippen LogP contribution in [0.2, 0.25) is 0 Å². The number of hydrogen-bond donors (Lipinski definition) is 4. The number of nitrogens with two attached hydrogens (primary N) is 2. The van der Waals surface area contributed by atoms with Crippen LogP contribution in [0, 0.1) is 0 Å². The normalized spacial score (nSPS) is 11.7. The van der Waals surface area contributed by atoms with Crippen molar-refractivity contribution in [2.45, 2.75) is 31.7 Å². The van der Waals surface area contributed by atoms with Crippen LogP contribution < -0.4 is 11.5 Å². The summed E-state index contributed by atoms with van der Waals surface area (Å²) >= 11 is 0. The van der Waals surface area contributed by atoms with Crippen LogP contribution in [0.4, 0.5) is 0 Å². The minimum absolute atomic E-state index is 0.0412. The van der Waals surface area contributed by atoms with Gasteiger partial charge in [0.25, 0.3) is 0 Å². The Labute approximate surface area is 115 Å². The smallest absolute Gasteiger partial charge is 0.323 e. The monoisotopic (exact) mass is 289 g/mol. The molecule has 0 aliphatic rings. The van der Waals surface area contributed by atoms with E-state index in [1.54, 1.807) is 0 Å². The lowest BCUT2D eigenvalue weighted by Crippen LogP contribution is -2.41. The van der Waals surface area contributed by atoms with Crippen LogP contribution in [0.25, 0.3) is 0 Å². The third-order valence-electron chi connectivity index (χ3n) is 2.48. The first-order valence-electron chi connectivity index (χ1n) is 6.03. The number of carbonyl (C=O) groups is 4. The van der Waals surface area contributed by atoms with Crippen LogP contribution in [-0.2, 0) is 19.2 Å². The molecule has 0 rings (SSSR count). The molecular formula is C11H19N3O6. The standard InChI is InChI=1S/C11H19N3O6/c12-5-1-2-8(15)14(6-10(17)18)9(16)4-3-7(13)11(19)20/h7H,1-6,12-13H2,(H,17,18)(H,19,20)/t7-/m0/s1.